The number of nitrogens with zero attached hydrogens (tertiary/aromatic N) is 2. The van der Waals surface area contributed by atoms with E-state index in [0.29, 0.717) is 21.0 Å². The standard InChI is InChI=1S/C34H33ClF3N3O4S/c1-24(2)39-33(43)31(20-25-11-5-3-6-12-25)40(22-26-13-9-15-28(35)19-26)32(42)23-41(46(44,45)30-17-7-4-8-18-30)29-16-10-14-27(21-29)34(36,37)38/h3-19,21,24,31H,20,22-23H2,1-2H3,(H,39,43)/t31-/m0/s1. The van der Waals surface area contributed by atoms with Crippen LogP contribution in [0.5, 0.6) is 0 Å². The normalized spacial score (nSPS) is 12.4. The molecule has 12 heteroatoms. The molecule has 0 unspecified atom stereocenters. The molecule has 1 atom stereocenters. The molecule has 4 rings (SSSR count). The smallest absolute Gasteiger partial charge is 0.352 e. The van der Waals surface area contributed by atoms with Gasteiger partial charge < -0.3 is 10.2 Å². The fourth-order valence-corrected chi connectivity index (χ4v) is 6.49. The first kappa shape index (κ1) is 34.5. The number of hydrogen-bond donors (Lipinski definition) is 1. The maximum Gasteiger partial charge on any atom is 0.416 e. The van der Waals surface area contributed by atoms with Gasteiger partial charge in [0.25, 0.3) is 10.0 Å². The molecule has 0 aliphatic rings. The Labute approximate surface area is 271 Å². The highest BCUT2D eigenvalue weighted by Gasteiger charge is 2.36. The van der Waals surface area contributed by atoms with Gasteiger partial charge >= 0.3 is 6.18 Å². The molecule has 0 radical (unpaired) electrons. The topological polar surface area (TPSA) is 86.8 Å². The van der Waals surface area contributed by atoms with Crippen molar-refractivity contribution in [1.29, 1.82) is 0 Å². The van der Waals surface area contributed by atoms with Crippen LogP contribution in [0.3, 0.4) is 0 Å². The summed E-state index contributed by atoms with van der Waals surface area (Å²) in [5.74, 6) is -1.29. The molecule has 4 aromatic carbocycles. The van der Waals surface area contributed by atoms with Crippen molar-refractivity contribution in [1.82, 2.24) is 10.2 Å². The summed E-state index contributed by atoms with van der Waals surface area (Å²) < 4.78 is 69.8. The van der Waals surface area contributed by atoms with E-state index in [-0.39, 0.29) is 29.6 Å². The number of benzene rings is 4. The number of anilines is 1. The predicted octanol–water partition coefficient (Wildman–Crippen LogP) is 6.72. The van der Waals surface area contributed by atoms with Gasteiger partial charge in [-0.15, -0.1) is 0 Å². The van der Waals surface area contributed by atoms with Gasteiger partial charge in [-0.05, 0) is 67.4 Å². The van der Waals surface area contributed by atoms with Crippen LogP contribution in [-0.2, 0) is 38.8 Å². The first-order chi connectivity index (χ1) is 21.8. The highest BCUT2D eigenvalue weighted by molar-refractivity contribution is 7.92. The van der Waals surface area contributed by atoms with Crippen LogP contribution >= 0.6 is 11.6 Å². The minimum absolute atomic E-state index is 0.0840. The number of sulfonamides is 1. The van der Waals surface area contributed by atoms with Crippen LogP contribution in [0.4, 0.5) is 18.9 Å². The van der Waals surface area contributed by atoms with Crippen molar-refractivity contribution in [2.45, 2.75) is 50.0 Å². The van der Waals surface area contributed by atoms with Crippen LogP contribution in [-0.4, -0.2) is 43.8 Å². The second-order valence-corrected chi connectivity index (χ2v) is 13.2. The summed E-state index contributed by atoms with van der Waals surface area (Å²) in [6, 6.07) is 25.1. The van der Waals surface area contributed by atoms with Gasteiger partial charge in [0.2, 0.25) is 11.8 Å². The third kappa shape index (κ3) is 8.88. The molecule has 2 amide bonds. The van der Waals surface area contributed by atoms with Crippen LogP contribution in [0.15, 0.2) is 114 Å². The molecule has 0 saturated carbocycles. The van der Waals surface area contributed by atoms with E-state index in [1.165, 1.54) is 35.2 Å². The summed E-state index contributed by atoms with van der Waals surface area (Å²) in [6.07, 6.45) is -4.68. The number of carbonyl (C=O) groups excluding carboxylic acids is 2. The number of rotatable bonds is 12. The number of amides is 2. The molecular formula is C34H33ClF3N3O4S. The average molecular weight is 672 g/mol. The first-order valence-corrected chi connectivity index (χ1v) is 16.2. The number of hydrogen-bond acceptors (Lipinski definition) is 4. The van der Waals surface area contributed by atoms with Crippen molar-refractivity contribution in [3.05, 3.63) is 131 Å². The minimum Gasteiger partial charge on any atom is -0.352 e. The van der Waals surface area contributed by atoms with E-state index in [4.69, 9.17) is 11.6 Å². The molecular weight excluding hydrogens is 639 g/mol. The third-order valence-electron chi connectivity index (χ3n) is 7.02. The highest BCUT2D eigenvalue weighted by atomic mass is 35.5. The first-order valence-electron chi connectivity index (χ1n) is 14.4. The van der Waals surface area contributed by atoms with Crippen molar-refractivity contribution in [2.24, 2.45) is 0 Å². The molecule has 0 aliphatic heterocycles. The number of nitrogens with one attached hydrogen (secondary N) is 1. The molecule has 0 saturated heterocycles. The van der Waals surface area contributed by atoms with Crippen molar-refractivity contribution < 1.29 is 31.2 Å². The van der Waals surface area contributed by atoms with Crippen molar-refractivity contribution >= 4 is 39.1 Å². The summed E-state index contributed by atoms with van der Waals surface area (Å²) in [4.78, 5) is 29.1. The summed E-state index contributed by atoms with van der Waals surface area (Å²) in [6.45, 7) is 2.51. The Kier molecular flexibility index (Phi) is 11.1. The fourth-order valence-electron chi connectivity index (χ4n) is 4.85. The summed E-state index contributed by atoms with van der Waals surface area (Å²) >= 11 is 6.23. The Morgan fingerprint density at radius 3 is 2.04 bits per heavy atom. The Balaban J connectivity index is 1.84. The van der Waals surface area contributed by atoms with Crippen molar-refractivity contribution in [3.8, 4) is 0 Å². The Morgan fingerprint density at radius 2 is 1.43 bits per heavy atom. The summed E-state index contributed by atoms with van der Waals surface area (Å²) in [7, 11) is -4.55. The SMILES string of the molecule is CC(C)NC(=O)[C@H](Cc1ccccc1)N(Cc1cccc(Cl)c1)C(=O)CN(c1cccc(C(F)(F)F)c1)S(=O)(=O)c1ccccc1. The molecule has 4 aromatic rings. The van der Waals surface area contributed by atoms with Gasteiger partial charge in [0.05, 0.1) is 16.1 Å². The van der Waals surface area contributed by atoms with Gasteiger partial charge in [0.1, 0.15) is 12.6 Å². The van der Waals surface area contributed by atoms with Gasteiger partial charge in [-0.3, -0.25) is 13.9 Å². The lowest BCUT2D eigenvalue weighted by molar-refractivity contribution is -0.140. The van der Waals surface area contributed by atoms with Crippen molar-refractivity contribution in [2.75, 3.05) is 10.8 Å². The van der Waals surface area contributed by atoms with E-state index in [0.717, 1.165) is 17.7 Å². The number of halogens is 4. The molecule has 46 heavy (non-hydrogen) atoms. The lowest BCUT2D eigenvalue weighted by atomic mass is 10.0. The number of alkyl halides is 3. The maximum absolute atomic E-state index is 14.4. The van der Waals surface area contributed by atoms with Crippen molar-refractivity contribution in [3.63, 3.8) is 0 Å². The van der Waals surface area contributed by atoms with Gasteiger partial charge in [0.15, 0.2) is 0 Å². The summed E-state index contributed by atoms with van der Waals surface area (Å²) in [5, 5.41) is 3.23. The lowest BCUT2D eigenvalue weighted by Crippen LogP contribution is -2.54. The van der Waals surface area contributed by atoms with Gasteiger partial charge in [-0.2, -0.15) is 13.2 Å². The number of carbonyl (C=O) groups is 2. The van der Waals surface area contributed by atoms with Gasteiger partial charge in [-0.25, -0.2) is 8.42 Å². The van der Waals surface area contributed by atoms with E-state index in [9.17, 15) is 31.2 Å². The van der Waals surface area contributed by atoms with Crippen LogP contribution < -0.4 is 9.62 Å². The Hall–Kier alpha value is -4.35. The zero-order valence-electron chi connectivity index (χ0n) is 25.1. The second kappa shape index (κ2) is 14.8. The molecule has 0 aromatic heterocycles. The van der Waals surface area contributed by atoms with Crippen LogP contribution in [0.1, 0.15) is 30.5 Å². The van der Waals surface area contributed by atoms with Gasteiger partial charge in [-0.1, -0.05) is 78.3 Å². The molecule has 7 nitrogen and oxygen atoms in total. The van der Waals surface area contributed by atoms with Crippen LogP contribution in [0, 0.1) is 0 Å². The average Bonchev–Trinajstić information content (AvgIpc) is 3.01. The van der Waals surface area contributed by atoms with E-state index < -0.39 is 46.2 Å². The Morgan fingerprint density at radius 1 is 0.826 bits per heavy atom. The monoisotopic (exact) mass is 671 g/mol. The molecule has 1 N–H and O–H groups in total. The van der Waals surface area contributed by atoms with E-state index in [2.05, 4.69) is 5.32 Å². The zero-order valence-corrected chi connectivity index (χ0v) is 26.7. The third-order valence-corrected chi connectivity index (χ3v) is 9.04. The predicted molar refractivity (Wildman–Crippen MR) is 172 cm³/mol. The molecule has 0 aliphatic carbocycles. The quantitative estimate of drug-likeness (QED) is 0.181. The van der Waals surface area contributed by atoms with E-state index >= 15 is 0 Å². The molecule has 0 fully saturated rings. The molecule has 0 heterocycles. The van der Waals surface area contributed by atoms with Gasteiger partial charge in [0, 0.05) is 24.0 Å². The second-order valence-electron chi connectivity index (χ2n) is 10.9. The Bertz CT molecular complexity index is 1750. The minimum atomic E-state index is -4.77. The van der Waals surface area contributed by atoms with E-state index in [1.54, 1.807) is 68.4 Å². The highest BCUT2D eigenvalue weighted by Crippen LogP contribution is 2.33. The van der Waals surface area contributed by atoms with Crippen LogP contribution in [0.25, 0.3) is 0 Å². The zero-order chi connectivity index (χ0) is 33.5. The molecule has 0 bridgehead atoms. The largest absolute Gasteiger partial charge is 0.416 e. The lowest BCUT2D eigenvalue weighted by Gasteiger charge is -2.34. The fraction of sp³-hybridized carbons (Fsp3) is 0.235. The maximum atomic E-state index is 14.4. The molecule has 0 spiro atoms. The molecule has 242 valence electrons. The summed E-state index contributed by atoms with van der Waals surface area (Å²) in [5.41, 5.74) is -0.143. The van der Waals surface area contributed by atoms with Crippen LogP contribution in [0.2, 0.25) is 5.02 Å². The van der Waals surface area contributed by atoms with E-state index in [1.807, 2.05) is 6.07 Å².